The largest absolute Gasteiger partial charge is 0.481 e. The van der Waals surface area contributed by atoms with Crippen LogP contribution in [0, 0.1) is 10.1 Å². The first-order valence-electron chi connectivity index (χ1n) is 4.12. The molecule has 6 heteroatoms. The summed E-state index contributed by atoms with van der Waals surface area (Å²) in [5, 5.41) is 18.7. The number of carboxylic acid groups (broad SMARTS) is 1. The van der Waals surface area contributed by atoms with E-state index in [0.717, 1.165) is 5.56 Å². The first kappa shape index (κ1) is 11.5. The number of thioether (sulfide) groups is 1. The fraction of sp³-hybridized carbons (Fsp3) is 0.222. The van der Waals surface area contributed by atoms with Gasteiger partial charge in [0.05, 0.1) is 10.7 Å². The van der Waals surface area contributed by atoms with Crippen LogP contribution < -0.4 is 0 Å². The van der Waals surface area contributed by atoms with E-state index >= 15 is 0 Å². The molecule has 80 valence electrons. The predicted molar refractivity (Wildman–Crippen MR) is 56.9 cm³/mol. The van der Waals surface area contributed by atoms with E-state index < -0.39 is 10.9 Å². The molecule has 0 unspecified atom stereocenters. The van der Waals surface area contributed by atoms with Crippen LogP contribution in [0.15, 0.2) is 24.3 Å². The number of rotatable bonds is 5. The molecule has 5 nitrogen and oxygen atoms in total. The molecule has 0 radical (unpaired) electrons. The number of benzene rings is 1. The van der Waals surface area contributed by atoms with Crippen LogP contribution in [0.5, 0.6) is 0 Å². The van der Waals surface area contributed by atoms with Gasteiger partial charge in [-0.3, -0.25) is 14.9 Å². The zero-order valence-electron chi connectivity index (χ0n) is 7.75. The second kappa shape index (κ2) is 5.35. The minimum atomic E-state index is -0.859. The number of carbonyl (C=O) groups is 1. The zero-order chi connectivity index (χ0) is 11.3. The van der Waals surface area contributed by atoms with Crippen LogP contribution >= 0.6 is 11.8 Å². The van der Waals surface area contributed by atoms with E-state index in [2.05, 4.69) is 0 Å². The number of aliphatic carboxylic acids is 1. The summed E-state index contributed by atoms with van der Waals surface area (Å²) in [7, 11) is 0. The third-order valence-corrected chi connectivity index (χ3v) is 2.63. The van der Waals surface area contributed by atoms with Crippen molar-refractivity contribution in [2.45, 2.75) is 5.75 Å². The highest BCUT2D eigenvalue weighted by Crippen LogP contribution is 2.16. The Morgan fingerprint density at radius 3 is 2.47 bits per heavy atom. The van der Waals surface area contributed by atoms with Crippen molar-refractivity contribution in [3.05, 3.63) is 39.9 Å². The van der Waals surface area contributed by atoms with E-state index in [-0.39, 0.29) is 11.4 Å². The zero-order valence-corrected chi connectivity index (χ0v) is 8.57. The average molecular weight is 227 g/mol. The molecule has 0 spiro atoms. The van der Waals surface area contributed by atoms with Gasteiger partial charge in [0.2, 0.25) is 0 Å². The van der Waals surface area contributed by atoms with E-state index in [9.17, 15) is 14.9 Å². The van der Waals surface area contributed by atoms with E-state index in [0.29, 0.717) is 5.75 Å². The summed E-state index contributed by atoms with van der Waals surface area (Å²) in [5.74, 6) is -0.275. The summed E-state index contributed by atoms with van der Waals surface area (Å²) in [6, 6.07) is 6.09. The molecular weight excluding hydrogens is 218 g/mol. The van der Waals surface area contributed by atoms with Gasteiger partial charge in [0.25, 0.3) is 5.69 Å². The Hall–Kier alpha value is -1.56. The lowest BCUT2D eigenvalue weighted by atomic mass is 10.2. The van der Waals surface area contributed by atoms with Crippen LogP contribution in [-0.2, 0) is 10.5 Å². The van der Waals surface area contributed by atoms with Crippen LogP contribution in [0.1, 0.15) is 5.56 Å². The number of non-ortho nitro benzene ring substituents is 1. The standard InChI is InChI=1S/C9H9NO4S/c11-9(12)6-15-5-7-1-3-8(4-2-7)10(13)14/h1-4H,5-6H2,(H,11,12). The van der Waals surface area contributed by atoms with Crippen LogP contribution in [0.2, 0.25) is 0 Å². The maximum Gasteiger partial charge on any atom is 0.313 e. The molecule has 0 amide bonds. The Bertz CT molecular complexity index is 363. The van der Waals surface area contributed by atoms with Gasteiger partial charge < -0.3 is 5.11 Å². The normalized spacial score (nSPS) is 9.87. The molecule has 0 heterocycles. The molecule has 0 aliphatic heterocycles. The Morgan fingerprint density at radius 1 is 1.40 bits per heavy atom. The maximum absolute atomic E-state index is 10.3. The minimum Gasteiger partial charge on any atom is -0.481 e. The van der Waals surface area contributed by atoms with Crippen molar-refractivity contribution < 1.29 is 14.8 Å². The summed E-state index contributed by atoms with van der Waals surface area (Å²) >= 11 is 1.26. The average Bonchev–Trinajstić information content (AvgIpc) is 2.18. The van der Waals surface area contributed by atoms with Gasteiger partial charge in [0, 0.05) is 17.9 Å². The van der Waals surface area contributed by atoms with Crippen molar-refractivity contribution in [3.63, 3.8) is 0 Å². The van der Waals surface area contributed by atoms with E-state index in [1.807, 2.05) is 0 Å². The van der Waals surface area contributed by atoms with Gasteiger partial charge in [-0.25, -0.2) is 0 Å². The van der Waals surface area contributed by atoms with Crippen molar-refractivity contribution >= 4 is 23.4 Å². The van der Waals surface area contributed by atoms with Gasteiger partial charge >= 0.3 is 5.97 Å². The summed E-state index contributed by atoms with van der Waals surface area (Å²) in [5.41, 5.74) is 0.925. The van der Waals surface area contributed by atoms with E-state index in [1.54, 1.807) is 12.1 Å². The number of hydrogen-bond donors (Lipinski definition) is 1. The van der Waals surface area contributed by atoms with Crippen LogP contribution in [0.25, 0.3) is 0 Å². The van der Waals surface area contributed by atoms with Crippen molar-refractivity contribution in [1.82, 2.24) is 0 Å². The van der Waals surface area contributed by atoms with Crippen molar-refractivity contribution in [3.8, 4) is 0 Å². The summed E-state index contributed by atoms with van der Waals surface area (Å²) in [6.45, 7) is 0. The molecule has 0 bridgehead atoms. The third-order valence-electron chi connectivity index (χ3n) is 1.64. The Morgan fingerprint density at radius 2 is 2.00 bits per heavy atom. The number of nitro benzene ring substituents is 1. The van der Waals surface area contributed by atoms with Gasteiger partial charge in [0.1, 0.15) is 0 Å². The summed E-state index contributed by atoms with van der Waals surface area (Å²) in [4.78, 5) is 20.1. The number of nitro groups is 1. The Labute approximate surface area is 90.3 Å². The number of nitrogens with zero attached hydrogens (tertiary/aromatic N) is 1. The van der Waals surface area contributed by atoms with Gasteiger partial charge in [-0.1, -0.05) is 12.1 Å². The summed E-state index contributed by atoms with van der Waals surface area (Å²) < 4.78 is 0. The smallest absolute Gasteiger partial charge is 0.313 e. The van der Waals surface area contributed by atoms with Gasteiger partial charge in [-0.05, 0) is 5.56 Å². The molecule has 15 heavy (non-hydrogen) atoms. The molecule has 1 rings (SSSR count). The lowest BCUT2D eigenvalue weighted by Gasteiger charge is -1.98. The van der Waals surface area contributed by atoms with E-state index in [1.165, 1.54) is 23.9 Å². The number of hydrogen-bond acceptors (Lipinski definition) is 4. The maximum atomic E-state index is 10.3. The highest BCUT2D eigenvalue weighted by Gasteiger charge is 2.04. The molecule has 0 aliphatic carbocycles. The van der Waals surface area contributed by atoms with E-state index in [4.69, 9.17) is 5.11 Å². The van der Waals surface area contributed by atoms with Crippen LogP contribution in [0.3, 0.4) is 0 Å². The van der Waals surface area contributed by atoms with Crippen LogP contribution in [0.4, 0.5) is 5.69 Å². The molecule has 0 aliphatic rings. The lowest BCUT2D eigenvalue weighted by molar-refractivity contribution is -0.384. The molecule has 0 fully saturated rings. The number of carboxylic acids is 1. The highest BCUT2D eigenvalue weighted by molar-refractivity contribution is 7.99. The second-order valence-electron chi connectivity index (χ2n) is 2.81. The summed E-state index contributed by atoms with van der Waals surface area (Å²) in [6.07, 6.45) is 0. The molecular formula is C9H9NO4S. The highest BCUT2D eigenvalue weighted by atomic mass is 32.2. The first-order chi connectivity index (χ1) is 7.09. The molecule has 0 atom stereocenters. The second-order valence-corrected chi connectivity index (χ2v) is 3.80. The molecule has 1 aromatic carbocycles. The van der Waals surface area contributed by atoms with Crippen molar-refractivity contribution in [2.75, 3.05) is 5.75 Å². The van der Waals surface area contributed by atoms with Gasteiger partial charge in [-0.2, -0.15) is 0 Å². The lowest BCUT2D eigenvalue weighted by Crippen LogP contribution is -1.98. The monoisotopic (exact) mass is 227 g/mol. The van der Waals surface area contributed by atoms with Crippen LogP contribution in [-0.4, -0.2) is 21.8 Å². The SMILES string of the molecule is O=C(O)CSCc1ccc([N+](=O)[O-])cc1. The van der Waals surface area contributed by atoms with Gasteiger partial charge in [-0.15, -0.1) is 11.8 Å². The third kappa shape index (κ3) is 3.99. The molecule has 0 aromatic heterocycles. The quantitative estimate of drug-likeness (QED) is 0.613. The fourth-order valence-corrected chi connectivity index (χ4v) is 1.67. The van der Waals surface area contributed by atoms with Gasteiger partial charge in [0.15, 0.2) is 0 Å². The fourth-order valence-electron chi connectivity index (χ4n) is 0.970. The topological polar surface area (TPSA) is 80.4 Å². The molecule has 1 aromatic rings. The van der Waals surface area contributed by atoms with Crippen molar-refractivity contribution in [2.24, 2.45) is 0 Å². The minimum absolute atomic E-state index is 0.0387. The molecule has 0 saturated carbocycles. The Kier molecular flexibility index (Phi) is 4.11. The molecule has 0 saturated heterocycles. The molecule has 1 N–H and O–H groups in total. The predicted octanol–water partition coefficient (Wildman–Crippen LogP) is 1.91. The Balaban J connectivity index is 2.50. The van der Waals surface area contributed by atoms with Crippen molar-refractivity contribution in [1.29, 1.82) is 0 Å². The first-order valence-corrected chi connectivity index (χ1v) is 5.28.